The molecule has 1 unspecified atom stereocenters. The molecule has 1 N–H and O–H groups in total. The van der Waals surface area contributed by atoms with Crippen LogP contribution in [0.5, 0.6) is 11.5 Å². The van der Waals surface area contributed by atoms with Gasteiger partial charge in [0, 0.05) is 26.1 Å². The lowest BCUT2D eigenvalue weighted by Crippen LogP contribution is -2.38. The molecule has 166 valence electrons. The van der Waals surface area contributed by atoms with Gasteiger partial charge in [0.15, 0.2) is 17.5 Å². The van der Waals surface area contributed by atoms with Crippen LogP contribution in [-0.2, 0) is 17.8 Å². The van der Waals surface area contributed by atoms with E-state index in [1.807, 2.05) is 33.0 Å². The van der Waals surface area contributed by atoms with E-state index in [-0.39, 0.29) is 30.1 Å². The zero-order valence-electron chi connectivity index (χ0n) is 17.6. The summed E-state index contributed by atoms with van der Waals surface area (Å²) in [6.45, 7) is 6.99. The summed E-state index contributed by atoms with van der Waals surface area (Å²) >= 11 is 7.95. The topological polar surface area (TPSA) is 68.2 Å². The molecule has 0 fully saturated rings. The van der Waals surface area contributed by atoms with E-state index in [2.05, 4.69) is 20.6 Å². The summed E-state index contributed by atoms with van der Waals surface area (Å²) in [5.74, 6) is 2.08. The van der Waals surface area contributed by atoms with E-state index in [4.69, 9.17) is 30.8 Å². The van der Waals surface area contributed by atoms with Crippen molar-refractivity contribution in [1.82, 2.24) is 15.2 Å². The number of nitrogens with one attached hydrogen (secondary N) is 1. The smallest absolute Gasteiger partial charge is 0.194 e. The molecule has 1 atom stereocenters. The Morgan fingerprint density at radius 2 is 2.17 bits per heavy atom. The van der Waals surface area contributed by atoms with Crippen molar-refractivity contribution < 1.29 is 14.2 Å². The Balaban J connectivity index is 0.00000320. The molecule has 2 heterocycles. The highest BCUT2D eigenvalue weighted by atomic mass is 127. The summed E-state index contributed by atoms with van der Waals surface area (Å²) in [6.07, 6.45) is 0.000849. The highest BCUT2D eigenvalue weighted by molar-refractivity contribution is 14.0. The zero-order chi connectivity index (χ0) is 20.8. The lowest BCUT2D eigenvalue weighted by Gasteiger charge is -2.22. The fourth-order valence-corrected chi connectivity index (χ4v) is 4.02. The summed E-state index contributed by atoms with van der Waals surface area (Å²) in [7, 11) is 3.69. The number of halogens is 2. The number of hydrogen-bond donors (Lipinski definition) is 1. The van der Waals surface area contributed by atoms with Crippen LogP contribution in [0.1, 0.15) is 36.2 Å². The molecule has 10 heteroatoms. The fourth-order valence-electron chi connectivity index (χ4n) is 2.89. The van der Waals surface area contributed by atoms with Gasteiger partial charge in [-0.05, 0) is 31.5 Å². The normalized spacial score (nSPS) is 14.1. The van der Waals surface area contributed by atoms with Crippen molar-refractivity contribution in [2.24, 2.45) is 4.99 Å². The average molecular weight is 567 g/mol. The van der Waals surface area contributed by atoms with Gasteiger partial charge in [0.05, 0.1) is 23.8 Å². The Hall–Kier alpha value is -1.30. The minimum Gasteiger partial charge on any atom is -0.486 e. The minimum absolute atomic E-state index is 0. The van der Waals surface area contributed by atoms with Crippen LogP contribution in [-0.4, -0.2) is 49.8 Å². The molecule has 3 rings (SSSR count). The summed E-state index contributed by atoms with van der Waals surface area (Å²) < 4.78 is 16.6. The molecule has 0 saturated carbocycles. The SMILES string of the molecule is CCNC(=NCc1cc(Cl)c2c(c1)OCCO2)N(C)Cc1csc(C(C)OC)n1.I. The number of methoxy groups -OCH3 is 1. The van der Waals surface area contributed by atoms with Gasteiger partial charge in [0.1, 0.15) is 24.3 Å². The van der Waals surface area contributed by atoms with Crippen molar-refractivity contribution in [3.8, 4) is 11.5 Å². The number of aromatic nitrogens is 1. The number of thiazole rings is 1. The van der Waals surface area contributed by atoms with Crippen LogP contribution in [0.2, 0.25) is 5.02 Å². The number of hydrogen-bond acceptors (Lipinski definition) is 6. The molecular formula is C20H28ClIN4O3S. The molecule has 1 aromatic carbocycles. The average Bonchev–Trinajstić information content (AvgIpc) is 3.19. The lowest BCUT2D eigenvalue weighted by molar-refractivity contribution is 0.119. The Morgan fingerprint density at radius 3 is 2.90 bits per heavy atom. The van der Waals surface area contributed by atoms with Gasteiger partial charge in [-0.3, -0.25) is 0 Å². The van der Waals surface area contributed by atoms with Gasteiger partial charge in [0.25, 0.3) is 0 Å². The van der Waals surface area contributed by atoms with E-state index in [1.54, 1.807) is 18.4 Å². The molecule has 0 aliphatic carbocycles. The van der Waals surface area contributed by atoms with Crippen molar-refractivity contribution in [2.75, 3.05) is 33.9 Å². The van der Waals surface area contributed by atoms with E-state index in [1.165, 1.54) is 0 Å². The minimum atomic E-state index is 0. The van der Waals surface area contributed by atoms with Gasteiger partial charge >= 0.3 is 0 Å². The second-order valence-electron chi connectivity index (χ2n) is 6.68. The maximum absolute atomic E-state index is 6.34. The van der Waals surface area contributed by atoms with Crippen molar-refractivity contribution in [3.63, 3.8) is 0 Å². The third-order valence-electron chi connectivity index (χ3n) is 4.43. The number of fused-ring (bicyclic) bond motifs is 1. The van der Waals surface area contributed by atoms with Crippen LogP contribution in [0.3, 0.4) is 0 Å². The van der Waals surface area contributed by atoms with Crippen LogP contribution < -0.4 is 14.8 Å². The predicted molar refractivity (Wildman–Crippen MR) is 132 cm³/mol. The Labute approximate surface area is 203 Å². The van der Waals surface area contributed by atoms with Crippen LogP contribution >= 0.6 is 46.9 Å². The second kappa shape index (κ2) is 11.9. The summed E-state index contributed by atoms with van der Waals surface area (Å²) in [4.78, 5) is 11.5. The third kappa shape index (κ3) is 6.35. The predicted octanol–water partition coefficient (Wildman–Crippen LogP) is 4.49. The molecule has 0 saturated heterocycles. The summed E-state index contributed by atoms with van der Waals surface area (Å²) in [6, 6.07) is 3.81. The van der Waals surface area contributed by atoms with Crippen molar-refractivity contribution in [3.05, 3.63) is 38.8 Å². The standard InChI is InChI=1S/C20H27ClN4O3S.HI/c1-5-22-20(25(3)11-15-12-29-19(24-15)13(2)26-4)23-10-14-8-16(21)18-17(9-14)27-6-7-28-18;/h8-9,12-13H,5-7,10-11H2,1-4H3,(H,22,23);1H. The molecule has 0 radical (unpaired) electrons. The number of rotatable bonds is 7. The molecule has 0 bridgehead atoms. The first-order valence-electron chi connectivity index (χ1n) is 9.56. The monoisotopic (exact) mass is 566 g/mol. The highest BCUT2D eigenvalue weighted by Crippen LogP contribution is 2.38. The maximum atomic E-state index is 6.34. The second-order valence-corrected chi connectivity index (χ2v) is 7.98. The maximum Gasteiger partial charge on any atom is 0.194 e. The van der Waals surface area contributed by atoms with Gasteiger partial charge < -0.3 is 24.4 Å². The molecule has 0 spiro atoms. The molecule has 1 aliphatic heterocycles. The molecule has 0 amide bonds. The van der Waals surface area contributed by atoms with Gasteiger partial charge in [-0.1, -0.05) is 11.6 Å². The van der Waals surface area contributed by atoms with Gasteiger partial charge in [0.2, 0.25) is 0 Å². The van der Waals surface area contributed by atoms with Crippen LogP contribution in [0.25, 0.3) is 0 Å². The quantitative estimate of drug-likeness (QED) is 0.303. The first-order chi connectivity index (χ1) is 14.0. The van der Waals surface area contributed by atoms with E-state index in [0.29, 0.717) is 42.8 Å². The van der Waals surface area contributed by atoms with Crippen molar-refractivity contribution in [2.45, 2.75) is 33.0 Å². The zero-order valence-corrected chi connectivity index (χ0v) is 21.5. The van der Waals surface area contributed by atoms with E-state index >= 15 is 0 Å². The molecule has 1 aliphatic rings. The summed E-state index contributed by atoms with van der Waals surface area (Å²) in [5.41, 5.74) is 1.96. The van der Waals surface area contributed by atoms with Crippen LogP contribution in [0, 0.1) is 0 Å². The van der Waals surface area contributed by atoms with Gasteiger partial charge in [-0.2, -0.15) is 0 Å². The molecule has 30 heavy (non-hydrogen) atoms. The van der Waals surface area contributed by atoms with Gasteiger partial charge in [-0.25, -0.2) is 9.98 Å². The largest absolute Gasteiger partial charge is 0.486 e. The van der Waals surface area contributed by atoms with E-state index in [0.717, 1.165) is 28.8 Å². The number of nitrogens with zero attached hydrogens (tertiary/aromatic N) is 3. The van der Waals surface area contributed by atoms with E-state index < -0.39 is 0 Å². The van der Waals surface area contributed by atoms with E-state index in [9.17, 15) is 0 Å². The Kier molecular flexibility index (Phi) is 9.92. The number of guanidine groups is 1. The molecule has 7 nitrogen and oxygen atoms in total. The fraction of sp³-hybridized carbons (Fsp3) is 0.500. The summed E-state index contributed by atoms with van der Waals surface area (Å²) in [5, 5.41) is 6.91. The van der Waals surface area contributed by atoms with Crippen molar-refractivity contribution >= 4 is 52.9 Å². The number of benzene rings is 1. The number of aliphatic imine (C=N–C) groups is 1. The highest BCUT2D eigenvalue weighted by Gasteiger charge is 2.17. The Morgan fingerprint density at radius 1 is 1.40 bits per heavy atom. The lowest BCUT2D eigenvalue weighted by atomic mass is 10.2. The first kappa shape index (κ1) is 25.0. The molecular weight excluding hydrogens is 539 g/mol. The van der Waals surface area contributed by atoms with Gasteiger partial charge in [-0.15, -0.1) is 35.3 Å². The Bertz CT molecular complexity index is 865. The van der Waals surface area contributed by atoms with Crippen molar-refractivity contribution in [1.29, 1.82) is 0 Å². The van der Waals surface area contributed by atoms with Crippen LogP contribution in [0.15, 0.2) is 22.5 Å². The number of ether oxygens (including phenoxy) is 3. The molecule has 2 aromatic rings. The first-order valence-corrected chi connectivity index (χ1v) is 10.8. The molecule has 1 aromatic heterocycles. The van der Waals surface area contributed by atoms with Crippen LogP contribution in [0.4, 0.5) is 0 Å². The third-order valence-corrected chi connectivity index (χ3v) is 5.77.